The standard InChI is InChI=1S/C16H19FN2O/c1-16(12-20,14-5-3-2-4-6-14)11-19-9-13-7-15(17)10-18-8-13/h2-8,10,19-20H,9,11-12H2,1H3. The summed E-state index contributed by atoms with van der Waals surface area (Å²) in [6.07, 6.45) is 2.82. The number of aliphatic hydroxyl groups excluding tert-OH is 1. The van der Waals surface area contributed by atoms with Gasteiger partial charge in [-0.3, -0.25) is 4.98 Å². The van der Waals surface area contributed by atoms with Gasteiger partial charge >= 0.3 is 0 Å². The van der Waals surface area contributed by atoms with Crippen molar-refractivity contribution in [3.05, 3.63) is 65.7 Å². The predicted octanol–water partition coefficient (Wildman–Crippen LogP) is 2.26. The van der Waals surface area contributed by atoms with Crippen LogP contribution in [0.5, 0.6) is 0 Å². The van der Waals surface area contributed by atoms with Crippen LogP contribution in [0.4, 0.5) is 4.39 Å². The lowest BCUT2D eigenvalue weighted by molar-refractivity contribution is 0.201. The van der Waals surface area contributed by atoms with E-state index in [4.69, 9.17) is 0 Å². The van der Waals surface area contributed by atoms with E-state index in [0.29, 0.717) is 13.1 Å². The van der Waals surface area contributed by atoms with Crippen molar-refractivity contribution in [2.75, 3.05) is 13.2 Å². The van der Waals surface area contributed by atoms with E-state index in [-0.39, 0.29) is 17.8 Å². The highest BCUT2D eigenvalue weighted by Gasteiger charge is 2.25. The highest BCUT2D eigenvalue weighted by Crippen LogP contribution is 2.22. The predicted molar refractivity (Wildman–Crippen MR) is 76.8 cm³/mol. The Bertz CT molecular complexity index is 547. The summed E-state index contributed by atoms with van der Waals surface area (Å²) in [5, 5.41) is 12.9. The van der Waals surface area contributed by atoms with Crippen molar-refractivity contribution in [3.63, 3.8) is 0 Å². The number of pyridine rings is 1. The Balaban J connectivity index is 1.98. The van der Waals surface area contributed by atoms with Crippen molar-refractivity contribution in [2.45, 2.75) is 18.9 Å². The number of benzene rings is 1. The van der Waals surface area contributed by atoms with E-state index in [1.807, 2.05) is 37.3 Å². The summed E-state index contributed by atoms with van der Waals surface area (Å²) >= 11 is 0. The van der Waals surface area contributed by atoms with Crippen LogP contribution in [-0.4, -0.2) is 23.2 Å². The maximum absolute atomic E-state index is 13.0. The Morgan fingerprint density at radius 3 is 2.65 bits per heavy atom. The summed E-state index contributed by atoms with van der Waals surface area (Å²) in [6.45, 7) is 3.17. The third kappa shape index (κ3) is 3.62. The number of rotatable bonds is 6. The van der Waals surface area contributed by atoms with Crippen molar-refractivity contribution >= 4 is 0 Å². The molecule has 2 aromatic rings. The summed E-state index contributed by atoms with van der Waals surface area (Å²) in [6, 6.07) is 11.3. The fourth-order valence-corrected chi connectivity index (χ4v) is 2.13. The molecule has 0 saturated heterocycles. The quantitative estimate of drug-likeness (QED) is 0.849. The lowest BCUT2D eigenvalue weighted by Gasteiger charge is -2.28. The molecule has 4 heteroatoms. The smallest absolute Gasteiger partial charge is 0.141 e. The number of hydrogen-bond acceptors (Lipinski definition) is 3. The molecule has 1 aromatic heterocycles. The van der Waals surface area contributed by atoms with Crippen LogP contribution in [0.25, 0.3) is 0 Å². The van der Waals surface area contributed by atoms with Crippen molar-refractivity contribution in [1.29, 1.82) is 0 Å². The highest BCUT2D eigenvalue weighted by atomic mass is 19.1. The fraction of sp³-hybridized carbons (Fsp3) is 0.312. The average molecular weight is 274 g/mol. The number of nitrogens with zero attached hydrogens (tertiary/aromatic N) is 1. The van der Waals surface area contributed by atoms with Gasteiger partial charge in [0.1, 0.15) is 5.82 Å². The third-order valence-corrected chi connectivity index (χ3v) is 3.43. The molecule has 1 aromatic carbocycles. The molecule has 2 rings (SSSR count). The van der Waals surface area contributed by atoms with Crippen molar-refractivity contribution < 1.29 is 9.50 Å². The van der Waals surface area contributed by atoms with E-state index < -0.39 is 0 Å². The van der Waals surface area contributed by atoms with Crippen LogP contribution in [0.1, 0.15) is 18.1 Å². The normalized spacial score (nSPS) is 13.9. The lowest BCUT2D eigenvalue weighted by atomic mass is 9.83. The molecule has 0 aliphatic rings. The molecule has 0 aliphatic carbocycles. The van der Waals surface area contributed by atoms with Crippen LogP contribution in [0, 0.1) is 5.82 Å². The van der Waals surface area contributed by atoms with E-state index >= 15 is 0 Å². The van der Waals surface area contributed by atoms with E-state index in [1.165, 1.54) is 12.3 Å². The van der Waals surface area contributed by atoms with Gasteiger partial charge in [-0.05, 0) is 17.2 Å². The van der Waals surface area contributed by atoms with Gasteiger partial charge in [0.2, 0.25) is 0 Å². The van der Waals surface area contributed by atoms with Gasteiger partial charge < -0.3 is 10.4 Å². The van der Waals surface area contributed by atoms with E-state index in [0.717, 1.165) is 11.1 Å². The fourth-order valence-electron chi connectivity index (χ4n) is 2.13. The molecule has 0 saturated carbocycles. The average Bonchev–Trinajstić information content (AvgIpc) is 2.48. The molecule has 1 unspecified atom stereocenters. The molecule has 0 aliphatic heterocycles. The van der Waals surface area contributed by atoms with Crippen LogP contribution < -0.4 is 5.32 Å². The molecule has 20 heavy (non-hydrogen) atoms. The Morgan fingerprint density at radius 2 is 2.00 bits per heavy atom. The summed E-state index contributed by atoms with van der Waals surface area (Å²) in [4.78, 5) is 3.81. The molecule has 1 atom stereocenters. The Hall–Kier alpha value is -1.78. The van der Waals surface area contributed by atoms with Crippen molar-refractivity contribution in [2.24, 2.45) is 0 Å². The van der Waals surface area contributed by atoms with Gasteiger partial charge in [-0.25, -0.2) is 4.39 Å². The van der Waals surface area contributed by atoms with Gasteiger partial charge in [-0.1, -0.05) is 37.3 Å². The van der Waals surface area contributed by atoms with Crippen molar-refractivity contribution in [1.82, 2.24) is 10.3 Å². The van der Waals surface area contributed by atoms with Crippen LogP contribution in [-0.2, 0) is 12.0 Å². The number of nitrogens with one attached hydrogen (secondary N) is 1. The first-order valence-corrected chi connectivity index (χ1v) is 6.60. The first-order chi connectivity index (χ1) is 9.64. The van der Waals surface area contributed by atoms with Gasteiger partial charge in [-0.15, -0.1) is 0 Å². The molecular weight excluding hydrogens is 255 g/mol. The summed E-state index contributed by atoms with van der Waals surface area (Å²) in [5.41, 5.74) is 1.51. The maximum atomic E-state index is 13.0. The van der Waals surface area contributed by atoms with Crippen LogP contribution in [0.15, 0.2) is 48.8 Å². The van der Waals surface area contributed by atoms with Crippen molar-refractivity contribution in [3.8, 4) is 0 Å². The number of aliphatic hydroxyl groups is 1. The lowest BCUT2D eigenvalue weighted by Crippen LogP contribution is -2.38. The van der Waals surface area contributed by atoms with E-state index in [1.54, 1.807) is 6.20 Å². The van der Waals surface area contributed by atoms with Crippen LogP contribution in [0.2, 0.25) is 0 Å². The highest BCUT2D eigenvalue weighted by molar-refractivity contribution is 5.25. The molecule has 3 nitrogen and oxygen atoms in total. The minimum absolute atomic E-state index is 0.0470. The molecule has 106 valence electrons. The number of aromatic nitrogens is 1. The first kappa shape index (κ1) is 14.6. The molecule has 2 N–H and O–H groups in total. The molecule has 0 spiro atoms. The SMILES string of the molecule is CC(CO)(CNCc1cncc(F)c1)c1ccccc1. The Morgan fingerprint density at radius 1 is 1.25 bits per heavy atom. The first-order valence-electron chi connectivity index (χ1n) is 6.60. The zero-order valence-electron chi connectivity index (χ0n) is 11.5. The number of halogens is 1. The van der Waals surface area contributed by atoms with Crippen LogP contribution in [0.3, 0.4) is 0 Å². The second-order valence-electron chi connectivity index (χ2n) is 5.20. The van der Waals surface area contributed by atoms with Gasteiger partial charge in [0, 0.05) is 24.7 Å². The van der Waals surface area contributed by atoms with Crippen LogP contribution >= 0.6 is 0 Å². The van der Waals surface area contributed by atoms with Gasteiger partial charge in [0.25, 0.3) is 0 Å². The minimum Gasteiger partial charge on any atom is -0.395 e. The summed E-state index contributed by atoms with van der Waals surface area (Å²) < 4.78 is 13.0. The van der Waals surface area contributed by atoms with E-state index in [2.05, 4.69) is 10.3 Å². The molecule has 0 radical (unpaired) electrons. The number of hydrogen-bond donors (Lipinski definition) is 2. The van der Waals surface area contributed by atoms with Gasteiger partial charge in [-0.2, -0.15) is 0 Å². The zero-order chi connectivity index (χ0) is 14.4. The topological polar surface area (TPSA) is 45.1 Å². The summed E-state index contributed by atoms with van der Waals surface area (Å²) in [5.74, 6) is -0.336. The maximum Gasteiger partial charge on any atom is 0.141 e. The van der Waals surface area contributed by atoms with Gasteiger partial charge in [0.15, 0.2) is 0 Å². The largest absolute Gasteiger partial charge is 0.395 e. The molecule has 0 amide bonds. The second-order valence-corrected chi connectivity index (χ2v) is 5.20. The Labute approximate surface area is 118 Å². The summed E-state index contributed by atoms with van der Waals surface area (Å²) in [7, 11) is 0. The Kier molecular flexibility index (Phi) is 4.82. The molecule has 1 heterocycles. The third-order valence-electron chi connectivity index (χ3n) is 3.43. The van der Waals surface area contributed by atoms with E-state index in [9.17, 15) is 9.50 Å². The molecule has 0 bridgehead atoms. The molecule has 0 fully saturated rings. The monoisotopic (exact) mass is 274 g/mol. The zero-order valence-corrected chi connectivity index (χ0v) is 11.5. The minimum atomic E-state index is -0.359. The van der Waals surface area contributed by atoms with Gasteiger partial charge in [0.05, 0.1) is 12.8 Å². The second kappa shape index (κ2) is 6.59. The molecular formula is C16H19FN2O.